The molecule has 1 aliphatic heterocycles. The molecular formula is C15H28N2O. The number of amides is 1. The highest BCUT2D eigenvalue weighted by Gasteiger charge is 2.57. The van der Waals surface area contributed by atoms with Gasteiger partial charge < -0.3 is 5.32 Å². The van der Waals surface area contributed by atoms with Crippen LogP contribution in [0.25, 0.3) is 0 Å². The predicted molar refractivity (Wildman–Crippen MR) is 74.3 cm³/mol. The normalized spacial score (nSPS) is 32.2. The third kappa shape index (κ3) is 3.05. The van der Waals surface area contributed by atoms with Crippen LogP contribution in [0.3, 0.4) is 0 Å². The van der Waals surface area contributed by atoms with E-state index in [1.165, 1.54) is 0 Å². The van der Waals surface area contributed by atoms with Gasteiger partial charge in [0.2, 0.25) is 5.91 Å². The van der Waals surface area contributed by atoms with Gasteiger partial charge in [-0.25, -0.2) is 0 Å². The first-order valence-electron chi connectivity index (χ1n) is 7.12. The molecule has 3 heteroatoms. The van der Waals surface area contributed by atoms with Crippen molar-refractivity contribution in [3.8, 4) is 0 Å². The minimum absolute atomic E-state index is 0.0888. The number of hydrogen-bond donors (Lipinski definition) is 1. The Kier molecular flexibility index (Phi) is 3.25. The molecule has 0 aromatic heterocycles. The molecule has 0 aromatic carbocycles. The molecule has 2 fully saturated rings. The van der Waals surface area contributed by atoms with Crippen molar-refractivity contribution in [1.29, 1.82) is 0 Å². The number of carbonyl (C=O) groups excluding carboxylic acids is 1. The van der Waals surface area contributed by atoms with E-state index < -0.39 is 0 Å². The SMILES string of the molecule is CC(C)(C)CC(=O)NC1C2CN(C(C)(C)C)CC21. The van der Waals surface area contributed by atoms with Crippen LogP contribution in [0.5, 0.6) is 0 Å². The van der Waals surface area contributed by atoms with Crippen LogP contribution >= 0.6 is 0 Å². The third-order valence-corrected chi connectivity index (χ3v) is 4.16. The lowest BCUT2D eigenvalue weighted by molar-refractivity contribution is -0.123. The van der Waals surface area contributed by atoms with E-state index in [0.29, 0.717) is 24.3 Å². The highest BCUT2D eigenvalue weighted by molar-refractivity contribution is 5.77. The Bertz CT molecular complexity index is 325. The quantitative estimate of drug-likeness (QED) is 0.817. The van der Waals surface area contributed by atoms with Crippen molar-refractivity contribution >= 4 is 5.91 Å². The topological polar surface area (TPSA) is 32.3 Å². The van der Waals surface area contributed by atoms with Gasteiger partial charge >= 0.3 is 0 Å². The van der Waals surface area contributed by atoms with E-state index in [1.807, 2.05) is 0 Å². The number of rotatable bonds is 2. The molecule has 0 bridgehead atoms. The molecule has 1 amide bonds. The number of fused-ring (bicyclic) bond motifs is 1. The van der Waals surface area contributed by atoms with Crippen LogP contribution in [-0.4, -0.2) is 35.5 Å². The Balaban J connectivity index is 1.77. The maximum Gasteiger partial charge on any atom is 0.220 e. The Morgan fingerprint density at radius 1 is 1.11 bits per heavy atom. The molecule has 0 spiro atoms. The van der Waals surface area contributed by atoms with E-state index in [4.69, 9.17) is 0 Å². The fourth-order valence-corrected chi connectivity index (χ4v) is 3.01. The molecular weight excluding hydrogens is 224 g/mol. The van der Waals surface area contributed by atoms with Gasteiger partial charge in [0.15, 0.2) is 0 Å². The molecule has 2 unspecified atom stereocenters. The zero-order valence-electron chi connectivity index (χ0n) is 12.7. The lowest BCUT2D eigenvalue weighted by atomic mass is 9.92. The van der Waals surface area contributed by atoms with E-state index in [-0.39, 0.29) is 16.9 Å². The van der Waals surface area contributed by atoms with Crippen molar-refractivity contribution in [3.05, 3.63) is 0 Å². The maximum absolute atomic E-state index is 11.9. The largest absolute Gasteiger partial charge is 0.353 e. The van der Waals surface area contributed by atoms with Gasteiger partial charge in [0.25, 0.3) is 0 Å². The molecule has 1 aliphatic carbocycles. The van der Waals surface area contributed by atoms with E-state index in [9.17, 15) is 4.79 Å². The summed E-state index contributed by atoms with van der Waals surface area (Å²) in [7, 11) is 0. The molecule has 3 nitrogen and oxygen atoms in total. The second-order valence-corrected chi connectivity index (χ2v) is 8.23. The maximum atomic E-state index is 11.9. The fourth-order valence-electron chi connectivity index (χ4n) is 3.01. The smallest absolute Gasteiger partial charge is 0.220 e. The predicted octanol–water partition coefficient (Wildman–Crippen LogP) is 2.27. The Labute approximate surface area is 111 Å². The van der Waals surface area contributed by atoms with Gasteiger partial charge in [-0.05, 0) is 38.0 Å². The first-order valence-corrected chi connectivity index (χ1v) is 7.12. The summed E-state index contributed by atoms with van der Waals surface area (Å²) < 4.78 is 0. The van der Waals surface area contributed by atoms with Crippen LogP contribution in [0.15, 0.2) is 0 Å². The Hall–Kier alpha value is -0.570. The average Bonchev–Trinajstić information content (AvgIpc) is 2.59. The summed E-state index contributed by atoms with van der Waals surface area (Å²) in [6, 6.07) is 0.457. The molecule has 0 radical (unpaired) electrons. The van der Waals surface area contributed by atoms with Crippen molar-refractivity contribution in [2.75, 3.05) is 13.1 Å². The number of nitrogens with zero attached hydrogens (tertiary/aromatic N) is 1. The minimum Gasteiger partial charge on any atom is -0.353 e. The summed E-state index contributed by atoms with van der Waals surface area (Å²) >= 11 is 0. The van der Waals surface area contributed by atoms with Crippen LogP contribution in [0.4, 0.5) is 0 Å². The van der Waals surface area contributed by atoms with Crippen molar-refractivity contribution in [2.45, 2.75) is 59.5 Å². The average molecular weight is 252 g/mol. The van der Waals surface area contributed by atoms with Gasteiger partial charge in [-0.1, -0.05) is 20.8 Å². The van der Waals surface area contributed by atoms with Crippen LogP contribution in [0.1, 0.15) is 48.0 Å². The lowest BCUT2D eigenvalue weighted by Crippen LogP contribution is -2.44. The molecule has 0 aromatic rings. The van der Waals surface area contributed by atoms with Crippen molar-refractivity contribution in [2.24, 2.45) is 17.3 Å². The van der Waals surface area contributed by atoms with Gasteiger partial charge in [-0.2, -0.15) is 0 Å². The van der Waals surface area contributed by atoms with Crippen molar-refractivity contribution < 1.29 is 4.79 Å². The van der Waals surface area contributed by atoms with E-state index >= 15 is 0 Å². The molecule has 1 heterocycles. The summed E-state index contributed by atoms with van der Waals surface area (Å²) in [5, 5.41) is 3.22. The first-order chi connectivity index (χ1) is 8.08. The molecule has 2 atom stereocenters. The van der Waals surface area contributed by atoms with Crippen molar-refractivity contribution in [1.82, 2.24) is 10.2 Å². The van der Waals surface area contributed by atoms with Gasteiger partial charge in [-0.3, -0.25) is 9.69 Å². The summed E-state index contributed by atoms with van der Waals surface area (Å²) in [4.78, 5) is 14.4. The molecule has 2 aliphatic rings. The van der Waals surface area contributed by atoms with Crippen LogP contribution < -0.4 is 5.32 Å². The Morgan fingerprint density at radius 2 is 1.61 bits per heavy atom. The van der Waals surface area contributed by atoms with Gasteiger partial charge in [-0.15, -0.1) is 0 Å². The minimum atomic E-state index is 0.0888. The van der Waals surface area contributed by atoms with Gasteiger partial charge in [0.05, 0.1) is 0 Å². The molecule has 18 heavy (non-hydrogen) atoms. The molecule has 1 N–H and O–H groups in total. The number of carbonyl (C=O) groups is 1. The zero-order valence-corrected chi connectivity index (χ0v) is 12.7. The van der Waals surface area contributed by atoms with Gasteiger partial charge in [0.1, 0.15) is 0 Å². The monoisotopic (exact) mass is 252 g/mol. The second kappa shape index (κ2) is 4.22. The third-order valence-electron chi connectivity index (χ3n) is 4.16. The first kappa shape index (κ1) is 13.9. The molecule has 1 saturated heterocycles. The summed E-state index contributed by atoms with van der Waals surface area (Å²) in [6.45, 7) is 15.4. The molecule has 2 rings (SSSR count). The zero-order chi connectivity index (χ0) is 13.7. The number of nitrogens with one attached hydrogen (secondary N) is 1. The molecule has 104 valence electrons. The highest BCUT2D eigenvalue weighted by atomic mass is 16.1. The lowest BCUT2D eigenvalue weighted by Gasteiger charge is -2.33. The molecule has 1 saturated carbocycles. The van der Waals surface area contributed by atoms with Crippen LogP contribution in [0, 0.1) is 17.3 Å². The number of likely N-dealkylation sites (tertiary alicyclic amines) is 1. The fraction of sp³-hybridized carbons (Fsp3) is 0.933. The van der Waals surface area contributed by atoms with E-state index in [2.05, 4.69) is 51.8 Å². The van der Waals surface area contributed by atoms with Crippen LogP contribution in [0.2, 0.25) is 0 Å². The van der Waals surface area contributed by atoms with Gasteiger partial charge in [0, 0.05) is 31.1 Å². The summed E-state index contributed by atoms with van der Waals surface area (Å²) in [5.74, 6) is 1.63. The highest BCUT2D eigenvalue weighted by Crippen LogP contribution is 2.47. The van der Waals surface area contributed by atoms with Crippen molar-refractivity contribution in [3.63, 3.8) is 0 Å². The Morgan fingerprint density at radius 3 is 2.00 bits per heavy atom. The standard InChI is InChI=1S/C15H28N2O/c1-14(2,3)7-12(18)16-13-10-8-17(9-11(10)13)15(4,5)6/h10-11,13H,7-9H2,1-6H3,(H,16,18). The van der Waals surface area contributed by atoms with E-state index in [0.717, 1.165) is 13.1 Å². The number of piperidine rings is 1. The number of hydrogen-bond acceptors (Lipinski definition) is 2. The van der Waals surface area contributed by atoms with E-state index in [1.54, 1.807) is 0 Å². The summed E-state index contributed by atoms with van der Waals surface area (Å²) in [5.41, 5.74) is 0.360. The second-order valence-electron chi connectivity index (χ2n) is 8.23. The van der Waals surface area contributed by atoms with Crippen LogP contribution in [-0.2, 0) is 4.79 Å². The summed E-state index contributed by atoms with van der Waals surface area (Å²) in [6.07, 6.45) is 0.631.